The largest absolute Gasteiger partial charge is 0.341 e. The Morgan fingerprint density at radius 3 is 2.56 bits per heavy atom. The second-order valence-electron chi connectivity index (χ2n) is 6.13. The lowest BCUT2D eigenvalue weighted by Crippen LogP contribution is -2.47. The Morgan fingerprint density at radius 1 is 1.16 bits per heavy atom. The monoisotopic (exact) mass is 339 g/mol. The summed E-state index contributed by atoms with van der Waals surface area (Å²) >= 11 is 0. The lowest BCUT2D eigenvalue weighted by molar-refractivity contribution is 0.164. The van der Waals surface area contributed by atoms with Gasteiger partial charge in [-0.1, -0.05) is 50.8 Å². The Bertz CT molecular complexity index is 597. The van der Waals surface area contributed by atoms with Crippen LogP contribution in [0, 0.1) is 0 Å². The van der Waals surface area contributed by atoms with Crippen LogP contribution in [0.1, 0.15) is 38.8 Å². The third-order valence-electron chi connectivity index (χ3n) is 4.74. The summed E-state index contributed by atoms with van der Waals surface area (Å²) in [4.78, 5) is 5.06. The topological polar surface area (TPSA) is 18.5 Å². The zero-order valence-corrected chi connectivity index (χ0v) is 16.0. The first-order chi connectivity index (χ1) is 12.3. The molecule has 3 heteroatoms. The number of hydrogen-bond donors (Lipinski definition) is 1. The lowest BCUT2D eigenvalue weighted by atomic mass is 9.94. The fraction of sp³-hybridized carbons (Fsp3) is 0.455. The maximum absolute atomic E-state index is 3.87. The van der Waals surface area contributed by atoms with E-state index in [0.717, 1.165) is 32.7 Å². The Hall–Kier alpha value is -1.84. The number of para-hydroxylation sites is 1. The minimum Gasteiger partial charge on any atom is -0.341 e. The number of rotatable bonds is 4. The molecule has 0 spiro atoms. The molecule has 1 unspecified atom stereocenters. The van der Waals surface area contributed by atoms with Crippen molar-refractivity contribution >= 4 is 5.69 Å². The van der Waals surface area contributed by atoms with Gasteiger partial charge in [0.1, 0.15) is 0 Å². The summed E-state index contributed by atoms with van der Waals surface area (Å²) in [6.45, 7) is 15.5. The van der Waals surface area contributed by atoms with Gasteiger partial charge in [0.2, 0.25) is 0 Å². The van der Waals surface area contributed by atoms with E-state index < -0.39 is 0 Å². The molecule has 1 atom stereocenters. The van der Waals surface area contributed by atoms with Crippen molar-refractivity contribution < 1.29 is 0 Å². The van der Waals surface area contributed by atoms with Crippen LogP contribution in [0.2, 0.25) is 0 Å². The van der Waals surface area contributed by atoms with E-state index in [1.807, 2.05) is 19.9 Å². The van der Waals surface area contributed by atoms with Crippen molar-refractivity contribution in [3.63, 3.8) is 0 Å². The van der Waals surface area contributed by atoms with E-state index in [9.17, 15) is 0 Å². The predicted molar refractivity (Wildman–Crippen MR) is 110 cm³/mol. The van der Waals surface area contributed by atoms with Crippen molar-refractivity contribution in [1.82, 2.24) is 10.2 Å². The average molecular weight is 340 g/mol. The Balaban J connectivity index is 0.00000109. The Kier molecular flexibility index (Phi) is 7.96. The normalized spacial score (nSPS) is 21.5. The van der Waals surface area contributed by atoms with Gasteiger partial charge in [-0.2, -0.15) is 0 Å². The predicted octanol–water partition coefficient (Wildman–Crippen LogP) is 4.52. The molecule has 0 amide bonds. The minimum atomic E-state index is 0.542. The number of piperazine rings is 1. The lowest BCUT2D eigenvalue weighted by Gasteiger charge is -2.42. The van der Waals surface area contributed by atoms with Gasteiger partial charge in [-0.25, -0.2) is 0 Å². The quantitative estimate of drug-likeness (QED) is 0.814. The summed E-state index contributed by atoms with van der Waals surface area (Å²) in [6, 6.07) is 9.41. The first kappa shape index (κ1) is 19.5. The second-order valence-corrected chi connectivity index (χ2v) is 6.13. The Labute approximate surface area is 153 Å². The summed E-state index contributed by atoms with van der Waals surface area (Å²) < 4.78 is 0. The van der Waals surface area contributed by atoms with Crippen LogP contribution in [-0.4, -0.2) is 37.6 Å². The van der Waals surface area contributed by atoms with Gasteiger partial charge in [-0.05, 0) is 37.1 Å². The van der Waals surface area contributed by atoms with Crippen LogP contribution >= 0.6 is 0 Å². The molecule has 3 nitrogen and oxygen atoms in total. The molecule has 1 aromatic rings. The number of anilines is 1. The fourth-order valence-electron chi connectivity index (χ4n) is 3.71. The molecule has 2 aliphatic heterocycles. The minimum absolute atomic E-state index is 0.542. The van der Waals surface area contributed by atoms with Gasteiger partial charge in [-0.3, -0.25) is 4.90 Å². The molecular weight excluding hydrogens is 306 g/mol. The van der Waals surface area contributed by atoms with E-state index in [1.54, 1.807) is 0 Å². The number of allylic oxidation sites excluding steroid dienone is 4. The number of hydrogen-bond acceptors (Lipinski definition) is 3. The van der Waals surface area contributed by atoms with E-state index in [2.05, 4.69) is 71.1 Å². The molecule has 25 heavy (non-hydrogen) atoms. The van der Waals surface area contributed by atoms with Crippen molar-refractivity contribution in [3.05, 3.63) is 66.4 Å². The van der Waals surface area contributed by atoms with E-state index in [1.165, 1.54) is 23.4 Å². The third kappa shape index (κ3) is 4.62. The maximum Gasteiger partial charge on any atom is 0.0459 e. The molecule has 2 heterocycles. The zero-order chi connectivity index (χ0) is 18.1. The third-order valence-corrected chi connectivity index (χ3v) is 4.74. The standard InChI is InChI=1S/C20H27N3.C2H6/c1-3-7-17(8-4-2)23-14-11-19(22-15-12-21-13-16-22)18-9-5-6-10-20(18)23;1-2/h3-10,19,21H,1,11-16H2,2H3;1-2H3/b8-4-,17-7+;. The van der Waals surface area contributed by atoms with Gasteiger partial charge >= 0.3 is 0 Å². The molecule has 0 radical (unpaired) electrons. The second kappa shape index (κ2) is 10.2. The van der Waals surface area contributed by atoms with Gasteiger partial charge < -0.3 is 10.2 Å². The smallest absolute Gasteiger partial charge is 0.0459 e. The number of benzene rings is 1. The maximum atomic E-state index is 3.87. The van der Waals surface area contributed by atoms with E-state index in [4.69, 9.17) is 0 Å². The highest BCUT2D eigenvalue weighted by molar-refractivity contribution is 5.63. The summed E-state index contributed by atoms with van der Waals surface area (Å²) in [7, 11) is 0. The SMILES string of the molecule is C=C/C=C(\C=C/C)N1CCC(N2CCNCC2)c2ccccc21.CC. The first-order valence-corrected chi connectivity index (χ1v) is 9.62. The van der Waals surface area contributed by atoms with E-state index in [0.29, 0.717) is 6.04 Å². The molecule has 0 saturated carbocycles. The summed E-state index contributed by atoms with van der Waals surface area (Å²) in [5, 5.41) is 3.46. The summed E-state index contributed by atoms with van der Waals surface area (Å²) in [5.74, 6) is 0. The summed E-state index contributed by atoms with van der Waals surface area (Å²) in [6.07, 6.45) is 9.41. The van der Waals surface area contributed by atoms with Crippen molar-refractivity contribution in [2.75, 3.05) is 37.6 Å². The van der Waals surface area contributed by atoms with Crippen LogP contribution in [-0.2, 0) is 0 Å². The molecule has 1 saturated heterocycles. The van der Waals surface area contributed by atoms with Crippen LogP contribution in [0.3, 0.4) is 0 Å². The summed E-state index contributed by atoms with van der Waals surface area (Å²) in [5.41, 5.74) is 4.02. The number of nitrogens with one attached hydrogen (secondary N) is 1. The van der Waals surface area contributed by atoms with Crippen LogP contribution in [0.25, 0.3) is 0 Å². The molecule has 136 valence electrons. The van der Waals surface area contributed by atoms with Gasteiger partial charge in [0, 0.05) is 50.2 Å². The van der Waals surface area contributed by atoms with Crippen LogP contribution in [0.5, 0.6) is 0 Å². The highest BCUT2D eigenvalue weighted by Gasteiger charge is 2.30. The van der Waals surface area contributed by atoms with Gasteiger partial charge in [0.15, 0.2) is 0 Å². The molecule has 0 aromatic heterocycles. The van der Waals surface area contributed by atoms with Crippen molar-refractivity contribution in [2.45, 2.75) is 33.2 Å². The van der Waals surface area contributed by atoms with E-state index >= 15 is 0 Å². The zero-order valence-electron chi connectivity index (χ0n) is 16.0. The van der Waals surface area contributed by atoms with Crippen LogP contribution in [0.4, 0.5) is 5.69 Å². The van der Waals surface area contributed by atoms with Crippen molar-refractivity contribution in [2.24, 2.45) is 0 Å². The van der Waals surface area contributed by atoms with Crippen LogP contribution in [0.15, 0.2) is 60.8 Å². The molecule has 2 aliphatic rings. The number of fused-ring (bicyclic) bond motifs is 1. The number of nitrogens with zero attached hydrogens (tertiary/aromatic N) is 2. The van der Waals surface area contributed by atoms with Crippen molar-refractivity contribution in [3.8, 4) is 0 Å². The molecule has 1 aromatic carbocycles. The first-order valence-electron chi connectivity index (χ1n) is 9.62. The molecular formula is C22H33N3. The Morgan fingerprint density at radius 2 is 1.88 bits per heavy atom. The van der Waals surface area contributed by atoms with E-state index in [-0.39, 0.29) is 0 Å². The fourth-order valence-corrected chi connectivity index (χ4v) is 3.71. The average Bonchev–Trinajstić information content (AvgIpc) is 2.69. The van der Waals surface area contributed by atoms with Gasteiger partial charge in [0.05, 0.1) is 0 Å². The van der Waals surface area contributed by atoms with Gasteiger partial charge in [-0.15, -0.1) is 0 Å². The van der Waals surface area contributed by atoms with Gasteiger partial charge in [0.25, 0.3) is 0 Å². The molecule has 1 fully saturated rings. The highest BCUT2D eigenvalue weighted by atomic mass is 15.2. The van der Waals surface area contributed by atoms with Crippen molar-refractivity contribution in [1.29, 1.82) is 0 Å². The molecule has 0 aliphatic carbocycles. The molecule has 0 bridgehead atoms. The van der Waals surface area contributed by atoms with Crippen LogP contribution < -0.4 is 10.2 Å². The molecule has 1 N–H and O–H groups in total. The molecule has 3 rings (SSSR count). The highest BCUT2D eigenvalue weighted by Crippen LogP contribution is 2.39.